The van der Waals surface area contributed by atoms with Crippen LogP contribution in [0.4, 0.5) is 0 Å². The highest BCUT2D eigenvalue weighted by Gasteiger charge is 1.99. The highest BCUT2D eigenvalue weighted by Crippen LogP contribution is 2.13. The molecule has 1 nitrogen and oxygen atoms in total. The Kier molecular flexibility index (Phi) is 3.30. The van der Waals surface area contributed by atoms with Crippen molar-refractivity contribution in [3.05, 3.63) is 34.9 Å². The predicted octanol–water partition coefficient (Wildman–Crippen LogP) is 2.70. The standard InChI is InChI=1S/C11H16O/c1-4-10-6-5-9(2)7-11(10)8-12-3/h5-7H,4,8H2,1-3H3. The Morgan fingerprint density at radius 2 is 2.00 bits per heavy atom. The first-order valence-electron chi connectivity index (χ1n) is 4.35. The van der Waals surface area contributed by atoms with Crippen LogP contribution in [0.15, 0.2) is 18.2 Å². The zero-order valence-electron chi connectivity index (χ0n) is 8.05. The van der Waals surface area contributed by atoms with Crippen LogP contribution >= 0.6 is 0 Å². The summed E-state index contributed by atoms with van der Waals surface area (Å²) in [6, 6.07) is 6.53. The number of methoxy groups -OCH3 is 1. The second-order valence-electron chi connectivity index (χ2n) is 3.06. The fourth-order valence-corrected chi connectivity index (χ4v) is 1.39. The molecule has 66 valence electrons. The molecule has 0 aliphatic rings. The van der Waals surface area contributed by atoms with E-state index in [1.807, 2.05) is 0 Å². The van der Waals surface area contributed by atoms with Gasteiger partial charge in [-0.1, -0.05) is 30.7 Å². The zero-order valence-corrected chi connectivity index (χ0v) is 8.05. The summed E-state index contributed by atoms with van der Waals surface area (Å²) in [4.78, 5) is 0. The van der Waals surface area contributed by atoms with Crippen LogP contribution in [0.5, 0.6) is 0 Å². The molecule has 0 aliphatic heterocycles. The molecule has 1 aromatic carbocycles. The fraction of sp³-hybridized carbons (Fsp3) is 0.455. The summed E-state index contributed by atoms with van der Waals surface area (Å²) in [6.07, 6.45) is 1.08. The van der Waals surface area contributed by atoms with Crippen molar-refractivity contribution in [1.29, 1.82) is 0 Å². The third-order valence-electron chi connectivity index (χ3n) is 2.04. The minimum absolute atomic E-state index is 0.727. The van der Waals surface area contributed by atoms with Gasteiger partial charge in [0, 0.05) is 7.11 Å². The van der Waals surface area contributed by atoms with Crippen LogP contribution in [0.2, 0.25) is 0 Å². The summed E-state index contributed by atoms with van der Waals surface area (Å²) in [5, 5.41) is 0. The van der Waals surface area contributed by atoms with Crippen molar-refractivity contribution < 1.29 is 4.74 Å². The number of ether oxygens (including phenoxy) is 1. The first kappa shape index (κ1) is 9.27. The summed E-state index contributed by atoms with van der Waals surface area (Å²) in [5.74, 6) is 0. The van der Waals surface area contributed by atoms with Crippen molar-refractivity contribution >= 4 is 0 Å². The first-order valence-corrected chi connectivity index (χ1v) is 4.35. The van der Waals surface area contributed by atoms with E-state index >= 15 is 0 Å². The molecule has 0 atom stereocenters. The van der Waals surface area contributed by atoms with Gasteiger partial charge in [0.25, 0.3) is 0 Å². The predicted molar refractivity (Wildman–Crippen MR) is 51.3 cm³/mol. The maximum absolute atomic E-state index is 5.13. The van der Waals surface area contributed by atoms with Gasteiger partial charge in [-0.15, -0.1) is 0 Å². The number of rotatable bonds is 3. The Hall–Kier alpha value is -0.820. The Morgan fingerprint density at radius 1 is 1.25 bits per heavy atom. The number of hydrogen-bond acceptors (Lipinski definition) is 1. The van der Waals surface area contributed by atoms with Gasteiger partial charge in [-0.25, -0.2) is 0 Å². The molecule has 0 spiro atoms. The quantitative estimate of drug-likeness (QED) is 0.667. The minimum atomic E-state index is 0.727. The van der Waals surface area contributed by atoms with Crippen LogP contribution in [-0.2, 0) is 17.8 Å². The molecule has 1 rings (SSSR count). The van der Waals surface area contributed by atoms with Gasteiger partial charge in [-0.2, -0.15) is 0 Å². The molecule has 0 radical (unpaired) electrons. The van der Waals surface area contributed by atoms with Crippen LogP contribution in [0.1, 0.15) is 23.6 Å². The normalized spacial score (nSPS) is 10.2. The van der Waals surface area contributed by atoms with Crippen LogP contribution < -0.4 is 0 Å². The Labute approximate surface area is 74.4 Å². The molecule has 0 saturated heterocycles. The Balaban J connectivity index is 2.95. The van der Waals surface area contributed by atoms with E-state index in [2.05, 4.69) is 32.0 Å². The molecule has 0 aromatic heterocycles. The van der Waals surface area contributed by atoms with E-state index in [0.717, 1.165) is 13.0 Å². The molecule has 12 heavy (non-hydrogen) atoms. The smallest absolute Gasteiger partial charge is 0.0715 e. The SMILES string of the molecule is CCc1ccc(C)cc1COC. The van der Waals surface area contributed by atoms with E-state index in [-0.39, 0.29) is 0 Å². The lowest BCUT2D eigenvalue weighted by atomic mass is 10.0. The Morgan fingerprint density at radius 3 is 2.58 bits per heavy atom. The first-order chi connectivity index (χ1) is 5.77. The van der Waals surface area contributed by atoms with Crippen molar-refractivity contribution in [3.63, 3.8) is 0 Å². The molecule has 1 heteroatoms. The van der Waals surface area contributed by atoms with Gasteiger partial charge in [0.15, 0.2) is 0 Å². The fourth-order valence-electron chi connectivity index (χ4n) is 1.39. The molecule has 0 fully saturated rings. The van der Waals surface area contributed by atoms with E-state index in [1.54, 1.807) is 7.11 Å². The third kappa shape index (κ3) is 2.08. The van der Waals surface area contributed by atoms with Crippen LogP contribution in [0, 0.1) is 6.92 Å². The molecule has 0 bridgehead atoms. The van der Waals surface area contributed by atoms with Gasteiger partial charge in [-0.05, 0) is 24.5 Å². The van der Waals surface area contributed by atoms with Crippen molar-refractivity contribution in [1.82, 2.24) is 0 Å². The highest BCUT2D eigenvalue weighted by atomic mass is 16.5. The molecule has 0 unspecified atom stereocenters. The molecular weight excluding hydrogens is 148 g/mol. The lowest BCUT2D eigenvalue weighted by Gasteiger charge is -2.07. The lowest BCUT2D eigenvalue weighted by molar-refractivity contribution is 0.184. The highest BCUT2D eigenvalue weighted by molar-refractivity contribution is 5.30. The van der Waals surface area contributed by atoms with E-state index < -0.39 is 0 Å². The molecular formula is C11H16O. The molecule has 0 heterocycles. The summed E-state index contributed by atoms with van der Waals surface area (Å²) in [5.41, 5.74) is 4.02. The zero-order chi connectivity index (χ0) is 8.97. The van der Waals surface area contributed by atoms with Gasteiger partial charge in [0.1, 0.15) is 0 Å². The van der Waals surface area contributed by atoms with E-state index in [4.69, 9.17) is 4.74 Å². The average Bonchev–Trinajstić information content (AvgIpc) is 2.05. The van der Waals surface area contributed by atoms with Crippen molar-refractivity contribution in [2.24, 2.45) is 0 Å². The average molecular weight is 164 g/mol. The molecule has 0 aliphatic carbocycles. The van der Waals surface area contributed by atoms with Crippen LogP contribution in [0.25, 0.3) is 0 Å². The third-order valence-corrected chi connectivity index (χ3v) is 2.04. The van der Waals surface area contributed by atoms with Crippen LogP contribution in [-0.4, -0.2) is 7.11 Å². The topological polar surface area (TPSA) is 9.23 Å². The second kappa shape index (κ2) is 4.27. The minimum Gasteiger partial charge on any atom is -0.380 e. The van der Waals surface area contributed by atoms with Gasteiger partial charge in [0.05, 0.1) is 6.61 Å². The monoisotopic (exact) mass is 164 g/mol. The maximum atomic E-state index is 5.13. The van der Waals surface area contributed by atoms with Crippen molar-refractivity contribution in [2.45, 2.75) is 26.9 Å². The summed E-state index contributed by atoms with van der Waals surface area (Å²) >= 11 is 0. The summed E-state index contributed by atoms with van der Waals surface area (Å²) in [7, 11) is 1.74. The largest absolute Gasteiger partial charge is 0.380 e. The van der Waals surface area contributed by atoms with Gasteiger partial charge in [0.2, 0.25) is 0 Å². The molecule has 0 saturated carbocycles. The Bertz CT molecular complexity index is 253. The van der Waals surface area contributed by atoms with E-state index in [9.17, 15) is 0 Å². The second-order valence-corrected chi connectivity index (χ2v) is 3.06. The van der Waals surface area contributed by atoms with Gasteiger partial charge < -0.3 is 4.74 Å². The van der Waals surface area contributed by atoms with Gasteiger partial charge >= 0.3 is 0 Å². The molecule has 0 amide bonds. The number of hydrogen-bond donors (Lipinski definition) is 0. The van der Waals surface area contributed by atoms with E-state index in [1.165, 1.54) is 16.7 Å². The summed E-state index contributed by atoms with van der Waals surface area (Å²) in [6.45, 7) is 5.01. The summed E-state index contributed by atoms with van der Waals surface area (Å²) < 4.78 is 5.13. The van der Waals surface area contributed by atoms with Gasteiger partial charge in [-0.3, -0.25) is 0 Å². The lowest BCUT2D eigenvalue weighted by Crippen LogP contribution is -1.95. The van der Waals surface area contributed by atoms with Crippen LogP contribution in [0.3, 0.4) is 0 Å². The van der Waals surface area contributed by atoms with E-state index in [0.29, 0.717) is 0 Å². The molecule has 0 N–H and O–H groups in total. The molecule has 1 aromatic rings. The maximum Gasteiger partial charge on any atom is 0.0715 e. The number of aryl methyl sites for hydroxylation is 2. The van der Waals surface area contributed by atoms with Crippen molar-refractivity contribution in [2.75, 3.05) is 7.11 Å². The van der Waals surface area contributed by atoms with Crippen molar-refractivity contribution in [3.8, 4) is 0 Å². The number of benzene rings is 1.